The Labute approximate surface area is 255 Å². The van der Waals surface area contributed by atoms with E-state index >= 15 is 8.78 Å². The number of rotatable bonds is 3. The van der Waals surface area contributed by atoms with Gasteiger partial charge < -0.3 is 14.7 Å². The second-order valence-corrected chi connectivity index (χ2v) is 15.0. The first kappa shape index (κ1) is 28.9. The Morgan fingerprint density at radius 2 is 1.75 bits per heavy atom. The third-order valence-corrected chi connectivity index (χ3v) is 11.4. The zero-order chi connectivity index (χ0) is 30.9. The monoisotopic (exact) mass is 626 g/mol. The number of pyridine rings is 1. The molecule has 1 amide bonds. The second kappa shape index (κ2) is 10.4. The van der Waals surface area contributed by atoms with Crippen LogP contribution in [-0.4, -0.2) is 90.1 Å². The number of fused-ring (bicyclic) bond motifs is 4. The van der Waals surface area contributed by atoms with Crippen molar-refractivity contribution >= 4 is 33.1 Å². The molecule has 11 nitrogen and oxygen atoms in total. The van der Waals surface area contributed by atoms with Crippen LogP contribution in [0, 0.1) is 11.3 Å². The highest BCUT2D eigenvalue weighted by Crippen LogP contribution is 2.40. The fourth-order valence-electron chi connectivity index (χ4n) is 6.66. The van der Waals surface area contributed by atoms with E-state index in [0.29, 0.717) is 68.1 Å². The van der Waals surface area contributed by atoms with Crippen molar-refractivity contribution in [1.82, 2.24) is 24.9 Å². The van der Waals surface area contributed by atoms with E-state index in [2.05, 4.69) is 31.8 Å². The van der Waals surface area contributed by atoms with Gasteiger partial charge in [0.05, 0.1) is 28.5 Å². The lowest BCUT2D eigenvalue weighted by molar-refractivity contribution is -0.152. The van der Waals surface area contributed by atoms with Crippen molar-refractivity contribution in [3.8, 4) is 16.9 Å². The second-order valence-electron chi connectivity index (χ2n) is 13.0. The zero-order valence-corrected chi connectivity index (χ0v) is 25.6. The van der Waals surface area contributed by atoms with Crippen LogP contribution < -0.4 is 14.5 Å². The van der Waals surface area contributed by atoms with Crippen molar-refractivity contribution in [3.63, 3.8) is 0 Å². The van der Waals surface area contributed by atoms with Crippen LogP contribution in [0.5, 0.6) is 0 Å². The third-order valence-electron chi connectivity index (χ3n) is 9.54. The highest BCUT2D eigenvalue weighted by molar-refractivity contribution is 7.93. The van der Waals surface area contributed by atoms with E-state index in [0.717, 1.165) is 11.4 Å². The minimum atomic E-state index is -3.46. The van der Waals surface area contributed by atoms with Gasteiger partial charge in [-0.15, -0.1) is 5.10 Å². The van der Waals surface area contributed by atoms with Crippen LogP contribution in [0.3, 0.4) is 0 Å². The average Bonchev–Trinajstić information content (AvgIpc) is 3.75. The minimum absolute atomic E-state index is 0.0808. The molecular formula is C30H36F2N8O3S. The number of anilines is 3. The number of piperidine rings is 2. The summed E-state index contributed by atoms with van der Waals surface area (Å²) in [6.07, 6.45) is 5.73. The number of amides is 1. The molecule has 3 aromatic rings. The molecule has 44 heavy (non-hydrogen) atoms. The summed E-state index contributed by atoms with van der Waals surface area (Å²) in [5, 5.41) is 8.48. The van der Waals surface area contributed by atoms with E-state index in [-0.39, 0.29) is 23.8 Å². The summed E-state index contributed by atoms with van der Waals surface area (Å²) in [7, 11) is -1.83. The molecule has 5 aliphatic rings. The van der Waals surface area contributed by atoms with Crippen LogP contribution in [0.25, 0.3) is 16.9 Å². The lowest BCUT2D eigenvalue weighted by atomic mass is 9.79. The summed E-state index contributed by atoms with van der Waals surface area (Å²) in [6, 6.07) is 9.01. The Kier molecular flexibility index (Phi) is 6.83. The van der Waals surface area contributed by atoms with Gasteiger partial charge in [0.1, 0.15) is 17.4 Å². The molecule has 8 rings (SSSR count). The van der Waals surface area contributed by atoms with Gasteiger partial charge >= 0.3 is 0 Å². The third kappa shape index (κ3) is 5.37. The molecule has 0 radical (unpaired) electrons. The first-order chi connectivity index (χ1) is 20.9. The minimum Gasteiger partial charge on any atom is -0.370 e. The number of hydrogen-bond acceptors (Lipinski definition) is 8. The van der Waals surface area contributed by atoms with E-state index in [1.54, 1.807) is 47.2 Å². The van der Waals surface area contributed by atoms with Gasteiger partial charge in [0.2, 0.25) is 15.9 Å². The number of alkyl halides is 2. The lowest BCUT2D eigenvalue weighted by Gasteiger charge is -2.44. The lowest BCUT2D eigenvalue weighted by Crippen LogP contribution is -2.55. The molecule has 8 bridgehead atoms. The van der Waals surface area contributed by atoms with Gasteiger partial charge in [0.25, 0.3) is 5.92 Å². The number of hydrogen-bond donors (Lipinski definition) is 1. The molecule has 0 spiro atoms. The summed E-state index contributed by atoms with van der Waals surface area (Å²) in [6.45, 7) is 3.68. The van der Waals surface area contributed by atoms with Crippen LogP contribution in [0.15, 0.2) is 42.7 Å². The summed E-state index contributed by atoms with van der Waals surface area (Å²) in [5.41, 5.74) is 3.05. The van der Waals surface area contributed by atoms with Crippen LogP contribution in [0.2, 0.25) is 0 Å². The van der Waals surface area contributed by atoms with E-state index in [1.165, 1.54) is 4.90 Å². The normalized spacial score (nSPS) is 25.3. The van der Waals surface area contributed by atoms with E-state index in [1.807, 2.05) is 12.1 Å². The summed E-state index contributed by atoms with van der Waals surface area (Å²) < 4.78 is 60.3. The Balaban J connectivity index is 1.30. The maximum absolute atomic E-state index is 15.2. The molecular weight excluding hydrogens is 590 g/mol. The number of carbonyl (C=O) groups excluding carboxylic acids is 1. The first-order valence-electron chi connectivity index (χ1n) is 15.1. The van der Waals surface area contributed by atoms with Crippen molar-refractivity contribution < 1.29 is 22.0 Å². The molecule has 14 heteroatoms. The van der Waals surface area contributed by atoms with Crippen LogP contribution >= 0.6 is 0 Å². The molecule has 1 aromatic carbocycles. The first-order valence-corrected chi connectivity index (χ1v) is 16.6. The Hall–Kier alpha value is -3.81. The summed E-state index contributed by atoms with van der Waals surface area (Å²) >= 11 is 0. The Morgan fingerprint density at radius 1 is 1.00 bits per heavy atom. The number of benzene rings is 1. The molecule has 4 aliphatic heterocycles. The highest BCUT2D eigenvalue weighted by Gasteiger charge is 2.50. The molecule has 234 valence electrons. The fourth-order valence-corrected chi connectivity index (χ4v) is 8.04. The maximum Gasteiger partial charge on any atom is 0.263 e. The predicted octanol–water partition coefficient (Wildman–Crippen LogP) is 3.77. The van der Waals surface area contributed by atoms with Gasteiger partial charge in [-0.3, -0.25) is 9.52 Å². The van der Waals surface area contributed by atoms with Crippen molar-refractivity contribution in [1.29, 1.82) is 0 Å². The van der Waals surface area contributed by atoms with Gasteiger partial charge in [-0.1, -0.05) is 12.1 Å². The molecule has 2 saturated heterocycles. The number of nitrogens with one attached hydrogen (secondary N) is 1. The van der Waals surface area contributed by atoms with E-state index in [4.69, 9.17) is 0 Å². The van der Waals surface area contributed by atoms with Crippen molar-refractivity contribution in [3.05, 3.63) is 42.7 Å². The summed E-state index contributed by atoms with van der Waals surface area (Å²) in [5.74, 6) is -4.64. The molecule has 1 unspecified atom stereocenters. The SMILES string of the molecule is CN1CC2(C)CCN(CC2)c2cc(NS(=O)(=O)C3CC3)ccc2-n2cc(nn2)-c2ccnc(c2)N2CCC(F)(F)C(C2)C1=O. The molecule has 2 aromatic heterocycles. The summed E-state index contributed by atoms with van der Waals surface area (Å²) in [4.78, 5) is 23.4. The molecule has 1 aliphatic carbocycles. The molecule has 1 N–H and O–H groups in total. The highest BCUT2D eigenvalue weighted by atomic mass is 32.2. The maximum atomic E-state index is 15.2. The van der Waals surface area contributed by atoms with Crippen molar-refractivity contribution in [2.24, 2.45) is 11.3 Å². The van der Waals surface area contributed by atoms with Gasteiger partial charge in [0.15, 0.2) is 0 Å². The molecule has 6 heterocycles. The molecule has 1 saturated carbocycles. The van der Waals surface area contributed by atoms with Crippen LogP contribution in [0.1, 0.15) is 39.0 Å². The fraction of sp³-hybridized carbons (Fsp3) is 0.533. The smallest absolute Gasteiger partial charge is 0.263 e. The van der Waals surface area contributed by atoms with E-state index in [9.17, 15) is 13.2 Å². The average molecular weight is 627 g/mol. The topological polar surface area (TPSA) is 117 Å². The number of aromatic nitrogens is 4. The van der Waals surface area contributed by atoms with Crippen LogP contribution in [0.4, 0.5) is 26.0 Å². The quantitative estimate of drug-likeness (QED) is 0.467. The van der Waals surface area contributed by atoms with Gasteiger partial charge in [-0.2, -0.15) is 0 Å². The number of carbonyl (C=O) groups is 1. The molecule has 1 atom stereocenters. The van der Waals surface area contributed by atoms with Crippen LogP contribution in [-0.2, 0) is 14.8 Å². The van der Waals surface area contributed by atoms with Gasteiger partial charge in [0, 0.05) is 58.0 Å². The standard InChI is InChI=1S/C30H36F2N8O3S/c1-29-8-12-38(13-9-29)26-16-21(35-44(42,43)22-4-5-22)3-6-25(26)40-18-24(34-36-40)20-7-11-33-27(15-20)39-14-10-30(31,32)23(17-39)28(41)37(2)19-29/h3,6-7,11,15-16,18,22-23,35H,4-5,8-10,12-14,17,19H2,1-2H3. The van der Waals surface area contributed by atoms with Crippen molar-refractivity contribution in [2.75, 3.05) is 54.3 Å². The zero-order valence-electron chi connectivity index (χ0n) is 24.8. The number of sulfonamides is 1. The Bertz CT molecular complexity index is 1700. The van der Waals surface area contributed by atoms with E-state index < -0.39 is 34.2 Å². The Morgan fingerprint density at radius 3 is 2.50 bits per heavy atom. The van der Waals surface area contributed by atoms with Crippen molar-refractivity contribution in [2.45, 2.75) is 50.2 Å². The molecule has 3 fully saturated rings. The largest absolute Gasteiger partial charge is 0.370 e. The van der Waals surface area contributed by atoms with Gasteiger partial charge in [-0.25, -0.2) is 26.9 Å². The predicted molar refractivity (Wildman–Crippen MR) is 163 cm³/mol. The number of nitrogens with zero attached hydrogens (tertiary/aromatic N) is 7. The van der Waals surface area contributed by atoms with Gasteiger partial charge in [-0.05, 0) is 61.4 Å². The number of halogens is 2.